The molecule has 2 rings (SSSR count). The van der Waals surface area contributed by atoms with Gasteiger partial charge < -0.3 is 0 Å². The van der Waals surface area contributed by atoms with Gasteiger partial charge in [0.05, 0.1) is 4.90 Å². The van der Waals surface area contributed by atoms with Crippen molar-refractivity contribution in [2.75, 3.05) is 6.54 Å². The average molecular weight is 315 g/mol. The fourth-order valence-corrected chi connectivity index (χ4v) is 3.24. The minimum atomic E-state index is -3.45. The number of hydrogen-bond acceptors (Lipinski definition) is 2. The molecular formula is C18H21NO2S. The molecule has 3 nitrogen and oxygen atoms in total. The van der Waals surface area contributed by atoms with Crippen molar-refractivity contribution in [1.82, 2.24) is 4.72 Å². The maximum atomic E-state index is 12.1. The van der Waals surface area contributed by atoms with Crippen LogP contribution in [0.5, 0.6) is 0 Å². The Hall–Kier alpha value is -1.91. The SMILES string of the molecule is Cc1ccc(S(=O)(=O)NC/C=C\c2cc(C)cc(C)c2)cc1. The standard InChI is InChI=1S/C18H21NO2S/c1-14-6-8-18(9-7-14)22(20,21)19-10-4-5-17-12-15(2)11-16(3)13-17/h4-9,11-13,19H,10H2,1-3H3/b5-4-. The Morgan fingerprint density at radius 2 is 1.50 bits per heavy atom. The summed E-state index contributed by atoms with van der Waals surface area (Å²) in [5, 5.41) is 0. The van der Waals surface area contributed by atoms with Crippen LogP contribution in [0.4, 0.5) is 0 Å². The largest absolute Gasteiger partial charge is 0.240 e. The lowest BCUT2D eigenvalue weighted by atomic mass is 10.1. The van der Waals surface area contributed by atoms with Crippen LogP contribution in [0.2, 0.25) is 0 Å². The fourth-order valence-electron chi connectivity index (χ4n) is 2.26. The van der Waals surface area contributed by atoms with Gasteiger partial charge in [0, 0.05) is 6.54 Å². The van der Waals surface area contributed by atoms with Gasteiger partial charge in [-0.3, -0.25) is 0 Å². The van der Waals surface area contributed by atoms with E-state index in [2.05, 4.69) is 22.9 Å². The zero-order valence-electron chi connectivity index (χ0n) is 13.1. The summed E-state index contributed by atoms with van der Waals surface area (Å²) in [4.78, 5) is 0.290. The third-order valence-electron chi connectivity index (χ3n) is 3.28. The first-order valence-electron chi connectivity index (χ1n) is 7.18. The predicted octanol–water partition coefficient (Wildman–Crippen LogP) is 3.60. The first-order valence-corrected chi connectivity index (χ1v) is 8.66. The van der Waals surface area contributed by atoms with Gasteiger partial charge in [0.2, 0.25) is 10.0 Å². The normalized spacial score (nSPS) is 12.0. The molecule has 0 saturated heterocycles. The molecule has 0 unspecified atom stereocenters. The molecule has 0 aliphatic heterocycles. The molecule has 0 fully saturated rings. The molecule has 0 aromatic heterocycles. The minimum Gasteiger partial charge on any atom is -0.207 e. The van der Waals surface area contributed by atoms with E-state index in [1.165, 1.54) is 11.1 Å². The maximum absolute atomic E-state index is 12.1. The zero-order valence-corrected chi connectivity index (χ0v) is 13.9. The molecule has 116 valence electrons. The van der Waals surface area contributed by atoms with Gasteiger partial charge in [-0.05, 0) is 38.5 Å². The maximum Gasteiger partial charge on any atom is 0.240 e. The van der Waals surface area contributed by atoms with E-state index in [0.29, 0.717) is 0 Å². The quantitative estimate of drug-likeness (QED) is 0.916. The van der Waals surface area contributed by atoms with E-state index < -0.39 is 10.0 Å². The Labute approximate surface area is 132 Å². The van der Waals surface area contributed by atoms with E-state index in [-0.39, 0.29) is 11.4 Å². The molecule has 0 atom stereocenters. The highest BCUT2D eigenvalue weighted by Crippen LogP contribution is 2.11. The molecule has 2 aromatic rings. The second-order valence-corrected chi connectivity index (χ2v) is 7.26. The molecule has 0 heterocycles. The van der Waals surface area contributed by atoms with Crippen molar-refractivity contribution in [1.29, 1.82) is 0 Å². The van der Waals surface area contributed by atoms with Crippen LogP contribution in [0, 0.1) is 20.8 Å². The number of nitrogens with one attached hydrogen (secondary N) is 1. The molecule has 22 heavy (non-hydrogen) atoms. The van der Waals surface area contributed by atoms with Crippen LogP contribution in [0.1, 0.15) is 22.3 Å². The lowest BCUT2D eigenvalue weighted by molar-refractivity contribution is 0.585. The van der Waals surface area contributed by atoms with Crippen molar-refractivity contribution < 1.29 is 8.42 Å². The fraction of sp³-hybridized carbons (Fsp3) is 0.222. The van der Waals surface area contributed by atoms with Gasteiger partial charge in [0.1, 0.15) is 0 Å². The lowest BCUT2D eigenvalue weighted by Gasteiger charge is -2.05. The van der Waals surface area contributed by atoms with Crippen molar-refractivity contribution in [2.45, 2.75) is 25.7 Å². The Morgan fingerprint density at radius 1 is 0.909 bits per heavy atom. The zero-order chi connectivity index (χ0) is 16.2. The number of benzene rings is 2. The highest BCUT2D eigenvalue weighted by atomic mass is 32.2. The molecule has 0 bridgehead atoms. The van der Waals surface area contributed by atoms with Crippen molar-refractivity contribution in [3.63, 3.8) is 0 Å². The predicted molar refractivity (Wildman–Crippen MR) is 91.3 cm³/mol. The molecule has 0 saturated carbocycles. The van der Waals surface area contributed by atoms with E-state index in [1.54, 1.807) is 24.3 Å². The van der Waals surface area contributed by atoms with Gasteiger partial charge in [0.15, 0.2) is 0 Å². The number of aryl methyl sites for hydroxylation is 3. The summed E-state index contributed by atoms with van der Waals surface area (Å²) in [6.07, 6.45) is 3.75. The van der Waals surface area contributed by atoms with E-state index >= 15 is 0 Å². The van der Waals surface area contributed by atoms with Crippen LogP contribution < -0.4 is 4.72 Å². The Kier molecular flexibility index (Phi) is 5.16. The first-order chi connectivity index (χ1) is 10.4. The summed E-state index contributed by atoms with van der Waals surface area (Å²) in [5.41, 5.74) is 4.50. The summed E-state index contributed by atoms with van der Waals surface area (Å²) >= 11 is 0. The molecule has 1 N–H and O–H groups in total. The highest BCUT2D eigenvalue weighted by molar-refractivity contribution is 7.89. The van der Waals surface area contributed by atoms with E-state index in [0.717, 1.165) is 11.1 Å². The van der Waals surface area contributed by atoms with Gasteiger partial charge in [-0.1, -0.05) is 59.2 Å². The van der Waals surface area contributed by atoms with Gasteiger partial charge >= 0.3 is 0 Å². The topological polar surface area (TPSA) is 46.2 Å². The molecule has 0 amide bonds. The van der Waals surface area contributed by atoms with Crippen LogP contribution in [0.25, 0.3) is 6.08 Å². The second-order valence-electron chi connectivity index (χ2n) is 5.49. The van der Waals surface area contributed by atoms with Crippen LogP contribution in [0.15, 0.2) is 53.4 Å². The van der Waals surface area contributed by atoms with Gasteiger partial charge in [-0.25, -0.2) is 13.1 Å². The first kappa shape index (κ1) is 16.5. The highest BCUT2D eigenvalue weighted by Gasteiger charge is 2.11. The van der Waals surface area contributed by atoms with Crippen molar-refractivity contribution in [2.24, 2.45) is 0 Å². The molecule has 4 heteroatoms. The van der Waals surface area contributed by atoms with Gasteiger partial charge in [-0.2, -0.15) is 0 Å². The van der Waals surface area contributed by atoms with Crippen molar-refractivity contribution in [3.05, 3.63) is 70.8 Å². The molecule has 0 spiro atoms. The minimum absolute atomic E-state index is 0.267. The summed E-state index contributed by atoms with van der Waals surface area (Å²) in [7, 11) is -3.45. The van der Waals surface area contributed by atoms with E-state index in [9.17, 15) is 8.42 Å². The Balaban J connectivity index is 2.00. The Bertz CT molecular complexity index is 755. The summed E-state index contributed by atoms with van der Waals surface area (Å²) in [5.74, 6) is 0. The molecule has 2 aromatic carbocycles. The average Bonchev–Trinajstić information content (AvgIpc) is 2.43. The number of hydrogen-bond donors (Lipinski definition) is 1. The van der Waals surface area contributed by atoms with Crippen molar-refractivity contribution >= 4 is 16.1 Å². The van der Waals surface area contributed by atoms with Crippen LogP contribution in [-0.2, 0) is 10.0 Å². The van der Waals surface area contributed by atoms with E-state index in [4.69, 9.17) is 0 Å². The number of sulfonamides is 1. The molecule has 0 aliphatic carbocycles. The molecular weight excluding hydrogens is 294 g/mol. The summed E-state index contributed by atoms with van der Waals surface area (Å²) < 4.78 is 26.8. The third kappa shape index (κ3) is 4.55. The van der Waals surface area contributed by atoms with E-state index in [1.807, 2.05) is 32.9 Å². The monoisotopic (exact) mass is 315 g/mol. The van der Waals surface area contributed by atoms with Crippen molar-refractivity contribution in [3.8, 4) is 0 Å². The Morgan fingerprint density at radius 3 is 2.09 bits per heavy atom. The second kappa shape index (κ2) is 6.90. The van der Waals surface area contributed by atoms with Crippen LogP contribution >= 0.6 is 0 Å². The molecule has 0 aliphatic rings. The smallest absolute Gasteiger partial charge is 0.207 e. The van der Waals surface area contributed by atoms with Crippen LogP contribution in [0.3, 0.4) is 0 Å². The lowest BCUT2D eigenvalue weighted by Crippen LogP contribution is -2.23. The van der Waals surface area contributed by atoms with Gasteiger partial charge in [-0.15, -0.1) is 0 Å². The summed E-state index contributed by atoms with van der Waals surface area (Å²) in [6.45, 7) is 6.29. The summed E-state index contributed by atoms with van der Waals surface area (Å²) in [6, 6.07) is 13.1. The van der Waals surface area contributed by atoms with Gasteiger partial charge in [0.25, 0.3) is 0 Å². The number of rotatable bonds is 5. The van der Waals surface area contributed by atoms with Crippen LogP contribution in [-0.4, -0.2) is 15.0 Å². The third-order valence-corrected chi connectivity index (χ3v) is 4.72. The molecule has 0 radical (unpaired) electrons.